The van der Waals surface area contributed by atoms with Crippen molar-refractivity contribution in [2.75, 3.05) is 31.9 Å². The quantitative estimate of drug-likeness (QED) is 0.181. The number of benzene rings is 3. The van der Waals surface area contributed by atoms with E-state index in [1.807, 2.05) is 65.3 Å². The summed E-state index contributed by atoms with van der Waals surface area (Å²) in [5, 5.41) is 7.18. The molecule has 4 aromatic rings. The molecule has 1 atom stereocenters. The lowest BCUT2D eigenvalue weighted by Crippen LogP contribution is -2.54. The number of nitrogen functional groups attached to an aromatic ring is 1. The van der Waals surface area contributed by atoms with Gasteiger partial charge in [-0.15, -0.1) is 0 Å². The Balaban J connectivity index is 0.877. The van der Waals surface area contributed by atoms with Gasteiger partial charge in [0.2, 0.25) is 11.8 Å². The maximum atomic E-state index is 13.6. The molecule has 54 heavy (non-hydrogen) atoms. The predicted molar refractivity (Wildman–Crippen MR) is 200 cm³/mol. The molecule has 3 aliphatic heterocycles. The van der Waals surface area contributed by atoms with Gasteiger partial charge < -0.3 is 10.5 Å². The number of nitrogens with one attached hydrogen (secondary N) is 1. The van der Waals surface area contributed by atoms with E-state index in [9.17, 15) is 24.0 Å². The molecule has 1 aliphatic carbocycles. The zero-order chi connectivity index (χ0) is 37.5. The standard InChI is InChI=1S/C41H43N7O6/c1-25(49)35-37(26-10-16-31(17-11-26)54-30-7-3-2-4-8-30)44-48(38(35)42)29-14-12-28(13-15-29)46-22-20-45(21-23-46)24-27-6-5-9-32-36(27)41(53)47(40(32)52)33-18-19-34(50)43-39(33)51/h2-11,16-17,28-29,33H,12-15,18-24,42H2,1H3,(H,43,50,51). The summed E-state index contributed by atoms with van der Waals surface area (Å²) in [5.74, 6) is -0.234. The molecule has 3 N–H and O–H groups in total. The van der Waals surface area contributed by atoms with Crippen molar-refractivity contribution in [3.8, 4) is 22.8 Å². The topological polar surface area (TPSA) is 160 Å². The number of para-hydroxylation sites is 1. The van der Waals surface area contributed by atoms with Crippen molar-refractivity contribution < 1.29 is 28.7 Å². The van der Waals surface area contributed by atoms with Crippen LogP contribution in [0.25, 0.3) is 11.3 Å². The summed E-state index contributed by atoms with van der Waals surface area (Å²) < 4.78 is 7.81. The number of fused-ring (bicyclic) bond motifs is 1. The molecule has 4 amide bonds. The summed E-state index contributed by atoms with van der Waals surface area (Å²) in [6, 6.07) is 22.0. The van der Waals surface area contributed by atoms with Gasteiger partial charge in [0.1, 0.15) is 29.1 Å². The van der Waals surface area contributed by atoms with Crippen LogP contribution < -0.4 is 15.8 Å². The van der Waals surface area contributed by atoms with Crippen LogP contribution in [0.15, 0.2) is 72.8 Å². The zero-order valence-corrected chi connectivity index (χ0v) is 30.2. The van der Waals surface area contributed by atoms with Gasteiger partial charge in [-0.2, -0.15) is 5.10 Å². The Morgan fingerprint density at radius 3 is 2.19 bits per heavy atom. The van der Waals surface area contributed by atoms with E-state index in [2.05, 4.69) is 15.1 Å². The van der Waals surface area contributed by atoms with Crippen LogP contribution in [0.5, 0.6) is 11.5 Å². The van der Waals surface area contributed by atoms with E-state index in [0.717, 1.165) is 73.6 Å². The summed E-state index contributed by atoms with van der Waals surface area (Å²) in [6.45, 7) is 5.44. The first-order valence-corrected chi connectivity index (χ1v) is 18.7. The van der Waals surface area contributed by atoms with Crippen LogP contribution in [-0.4, -0.2) is 92.2 Å². The van der Waals surface area contributed by atoms with Crippen LogP contribution in [0, 0.1) is 0 Å². The third-order valence-corrected chi connectivity index (χ3v) is 11.3. The van der Waals surface area contributed by atoms with E-state index in [0.29, 0.717) is 46.5 Å². The summed E-state index contributed by atoms with van der Waals surface area (Å²) in [6.07, 6.45) is 3.98. The van der Waals surface area contributed by atoms with Gasteiger partial charge in [-0.1, -0.05) is 30.3 Å². The van der Waals surface area contributed by atoms with Crippen LogP contribution in [-0.2, 0) is 16.1 Å². The monoisotopic (exact) mass is 729 g/mol. The minimum Gasteiger partial charge on any atom is -0.457 e. The Morgan fingerprint density at radius 1 is 0.815 bits per heavy atom. The second kappa shape index (κ2) is 14.6. The van der Waals surface area contributed by atoms with Gasteiger partial charge in [-0.25, -0.2) is 4.68 Å². The smallest absolute Gasteiger partial charge is 0.262 e. The highest BCUT2D eigenvalue weighted by molar-refractivity contribution is 6.24. The molecule has 278 valence electrons. The number of carbonyl (C=O) groups excluding carboxylic acids is 5. The first kappa shape index (κ1) is 35.4. The summed E-state index contributed by atoms with van der Waals surface area (Å²) in [5.41, 5.74) is 9.91. The molecule has 4 aliphatic rings. The predicted octanol–water partition coefficient (Wildman–Crippen LogP) is 4.83. The summed E-state index contributed by atoms with van der Waals surface area (Å²) >= 11 is 0. The van der Waals surface area contributed by atoms with Crippen LogP contribution >= 0.6 is 0 Å². The Labute approximate surface area is 313 Å². The number of rotatable bonds is 9. The molecule has 0 radical (unpaired) electrons. The molecule has 1 unspecified atom stereocenters. The van der Waals surface area contributed by atoms with Crippen LogP contribution in [0.4, 0.5) is 5.82 Å². The average molecular weight is 730 g/mol. The average Bonchev–Trinajstić information content (AvgIpc) is 3.66. The van der Waals surface area contributed by atoms with E-state index in [1.54, 1.807) is 12.1 Å². The molecule has 2 saturated heterocycles. The molecule has 0 spiro atoms. The minimum absolute atomic E-state index is 0.0865. The number of hydrogen-bond donors (Lipinski definition) is 2. The van der Waals surface area contributed by atoms with Crippen molar-refractivity contribution in [1.82, 2.24) is 29.8 Å². The number of aromatic nitrogens is 2. The van der Waals surface area contributed by atoms with E-state index in [1.165, 1.54) is 6.92 Å². The van der Waals surface area contributed by atoms with Crippen molar-refractivity contribution >= 4 is 35.2 Å². The van der Waals surface area contributed by atoms with Gasteiger partial charge in [0, 0.05) is 50.7 Å². The molecule has 4 heterocycles. The van der Waals surface area contributed by atoms with E-state index in [4.69, 9.17) is 15.6 Å². The van der Waals surface area contributed by atoms with Gasteiger partial charge >= 0.3 is 0 Å². The normalized spacial score (nSPS) is 22.3. The van der Waals surface area contributed by atoms with Crippen LogP contribution in [0.1, 0.15) is 88.1 Å². The zero-order valence-electron chi connectivity index (χ0n) is 30.2. The lowest BCUT2D eigenvalue weighted by Gasteiger charge is -2.42. The number of ether oxygens (including phenoxy) is 1. The van der Waals surface area contributed by atoms with Crippen LogP contribution in [0.2, 0.25) is 0 Å². The fourth-order valence-corrected chi connectivity index (χ4v) is 8.49. The number of imide groups is 2. The molecule has 13 nitrogen and oxygen atoms in total. The van der Waals surface area contributed by atoms with Gasteiger partial charge in [-0.3, -0.25) is 44.0 Å². The molecule has 3 fully saturated rings. The highest BCUT2D eigenvalue weighted by atomic mass is 16.5. The van der Waals surface area contributed by atoms with E-state index in [-0.39, 0.29) is 24.7 Å². The largest absolute Gasteiger partial charge is 0.457 e. The number of carbonyl (C=O) groups is 5. The van der Waals surface area contributed by atoms with Crippen molar-refractivity contribution in [3.05, 3.63) is 95.1 Å². The third-order valence-electron chi connectivity index (χ3n) is 11.3. The van der Waals surface area contributed by atoms with Gasteiger partial charge in [0.15, 0.2) is 5.78 Å². The number of Topliss-reactive ketones (excluding diaryl/α,β-unsaturated/α-hetero) is 1. The molecule has 1 saturated carbocycles. The molecular formula is C41H43N7O6. The number of hydrogen-bond acceptors (Lipinski definition) is 10. The van der Waals surface area contributed by atoms with Gasteiger partial charge in [-0.05, 0) is 87.1 Å². The van der Waals surface area contributed by atoms with Crippen molar-refractivity contribution in [3.63, 3.8) is 0 Å². The molecule has 1 aromatic heterocycles. The Bertz CT molecular complexity index is 2120. The third kappa shape index (κ3) is 6.69. The number of piperazine rings is 1. The Morgan fingerprint density at radius 2 is 1.50 bits per heavy atom. The summed E-state index contributed by atoms with van der Waals surface area (Å²) in [4.78, 5) is 69.8. The fraction of sp³-hybridized carbons (Fsp3) is 0.366. The maximum Gasteiger partial charge on any atom is 0.262 e. The van der Waals surface area contributed by atoms with Crippen molar-refractivity contribution in [1.29, 1.82) is 0 Å². The molecule has 3 aromatic carbocycles. The van der Waals surface area contributed by atoms with E-state index < -0.39 is 29.7 Å². The summed E-state index contributed by atoms with van der Waals surface area (Å²) in [7, 11) is 0. The first-order valence-electron chi connectivity index (χ1n) is 18.7. The van der Waals surface area contributed by atoms with Gasteiger partial charge in [0.25, 0.3) is 11.8 Å². The number of nitrogens with two attached hydrogens (primary N) is 1. The number of nitrogens with zero attached hydrogens (tertiary/aromatic N) is 5. The number of amides is 4. The Kier molecular flexibility index (Phi) is 9.59. The first-order chi connectivity index (χ1) is 26.2. The van der Waals surface area contributed by atoms with Crippen LogP contribution in [0.3, 0.4) is 0 Å². The fourth-order valence-electron chi connectivity index (χ4n) is 8.49. The second-order valence-electron chi connectivity index (χ2n) is 14.6. The SMILES string of the molecule is CC(=O)c1c(-c2ccc(Oc3ccccc3)cc2)nn(C2CCC(N3CCN(Cc4cccc5c4C(=O)N(C4CCC(=O)NC4=O)C5=O)CC3)CC2)c1N. The number of anilines is 1. The van der Waals surface area contributed by atoms with E-state index >= 15 is 0 Å². The highest BCUT2D eigenvalue weighted by Crippen LogP contribution is 2.38. The minimum atomic E-state index is -0.983. The lowest BCUT2D eigenvalue weighted by molar-refractivity contribution is -0.136. The van der Waals surface area contributed by atoms with Gasteiger partial charge in [0.05, 0.1) is 22.7 Å². The Hall–Kier alpha value is -5.66. The number of piperidine rings is 1. The number of ketones is 1. The second-order valence-corrected chi connectivity index (χ2v) is 14.6. The molecule has 13 heteroatoms. The highest BCUT2D eigenvalue weighted by Gasteiger charge is 2.45. The van der Waals surface area contributed by atoms with Crippen molar-refractivity contribution in [2.45, 2.75) is 70.1 Å². The maximum absolute atomic E-state index is 13.6. The lowest BCUT2D eigenvalue weighted by atomic mass is 9.89. The molecule has 0 bridgehead atoms. The molecular weight excluding hydrogens is 686 g/mol. The van der Waals surface area contributed by atoms with Crippen molar-refractivity contribution in [2.24, 2.45) is 0 Å². The molecule has 8 rings (SSSR count).